The van der Waals surface area contributed by atoms with Gasteiger partial charge in [0.25, 0.3) is 0 Å². The monoisotopic (exact) mass is 219 g/mol. The van der Waals surface area contributed by atoms with Gasteiger partial charge in [0.2, 0.25) is 0 Å². The molecule has 1 N–H and O–H groups in total. The Bertz CT molecular complexity index is 287. The van der Waals surface area contributed by atoms with Crippen LogP contribution in [-0.4, -0.2) is 6.54 Å². The second-order valence-corrected chi connectivity index (χ2v) is 4.99. The van der Waals surface area contributed by atoms with Gasteiger partial charge in [-0.3, -0.25) is 0 Å². The summed E-state index contributed by atoms with van der Waals surface area (Å²) in [5.41, 5.74) is 2.76. The van der Waals surface area contributed by atoms with Crippen LogP contribution in [0.15, 0.2) is 24.3 Å². The lowest BCUT2D eigenvalue weighted by Crippen LogP contribution is -2.21. The largest absolute Gasteiger partial charge is 0.310 e. The number of hydrogen-bond acceptors (Lipinski definition) is 1. The predicted octanol–water partition coefficient (Wildman–Crippen LogP) is 4.08. The van der Waals surface area contributed by atoms with Crippen LogP contribution in [0.1, 0.15) is 50.8 Å². The van der Waals surface area contributed by atoms with Gasteiger partial charge in [0.15, 0.2) is 0 Å². The van der Waals surface area contributed by atoms with E-state index in [0.29, 0.717) is 6.04 Å². The van der Waals surface area contributed by atoms with Gasteiger partial charge in [0.1, 0.15) is 0 Å². The molecule has 0 heterocycles. The molecule has 1 aromatic carbocycles. The first-order valence-electron chi connectivity index (χ1n) is 6.43. The molecule has 0 aliphatic heterocycles. The molecule has 1 unspecified atom stereocenters. The zero-order chi connectivity index (χ0) is 12.0. The molecule has 16 heavy (non-hydrogen) atoms. The minimum absolute atomic E-state index is 0.521. The van der Waals surface area contributed by atoms with Crippen molar-refractivity contribution in [2.24, 2.45) is 5.92 Å². The zero-order valence-electron chi connectivity index (χ0n) is 11.1. The Kier molecular flexibility index (Phi) is 5.54. The lowest BCUT2D eigenvalue weighted by atomic mass is 9.97. The minimum Gasteiger partial charge on any atom is -0.310 e. The van der Waals surface area contributed by atoms with Crippen molar-refractivity contribution < 1.29 is 0 Å². The van der Waals surface area contributed by atoms with Crippen molar-refractivity contribution in [3.63, 3.8) is 0 Å². The van der Waals surface area contributed by atoms with Gasteiger partial charge in [-0.15, -0.1) is 0 Å². The van der Waals surface area contributed by atoms with Gasteiger partial charge in [0.05, 0.1) is 0 Å². The van der Waals surface area contributed by atoms with Crippen LogP contribution < -0.4 is 5.32 Å². The smallest absolute Gasteiger partial charge is 0.0320 e. The third-order valence-electron chi connectivity index (χ3n) is 2.96. The first kappa shape index (κ1) is 13.2. The number of hydrogen-bond donors (Lipinski definition) is 1. The maximum Gasteiger partial charge on any atom is 0.0320 e. The highest BCUT2D eigenvalue weighted by molar-refractivity contribution is 5.24. The highest BCUT2D eigenvalue weighted by Gasteiger charge is 2.10. The normalized spacial score (nSPS) is 13.1. The van der Waals surface area contributed by atoms with Gasteiger partial charge in [0, 0.05) is 6.04 Å². The van der Waals surface area contributed by atoms with Gasteiger partial charge in [-0.05, 0) is 37.8 Å². The molecule has 0 radical (unpaired) electrons. The summed E-state index contributed by atoms with van der Waals surface area (Å²) in [5, 5.41) is 3.57. The Balaban J connectivity index is 2.64. The van der Waals surface area contributed by atoms with E-state index >= 15 is 0 Å². The van der Waals surface area contributed by atoms with Gasteiger partial charge in [-0.1, -0.05) is 50.6 Å². The topological polar surface area (TPSA) is 12.0 Å². The molecule has 0 bridgehead atoms. The first-order chi connectivity index (χ1) is 7.63. The van der Waals surface area contributed by atoms with E-state index in [1.165, 1.54) is 24.0 Å². The summed E-state index contributed by atoms with van der Waals surface area (Å²) in [7, 11) is 0. The van der Waals surface area contributed by atoms with E-state index in [4.69, 9.17) is 0 Å². The Labute approximate surface area is 100 Å². The molecule has 1 heteroatoms. The molecule has 1 nitrogen and oxygen atoms in total. The summed E-state index contributed by atoms with van der Waals surface area (Å²) in [6.07, 6.45) is 2.51. The van der Waals surface area contributed by atoms with E-state index in [2.05, 4.69) is 57.3 Å². The van der Waals surface area contributed by atoms with Crippen LogP contribution in [0.4, 0.5) is 0 Å². The number of nitrogens with one attached hydrogen (secondary N) is 1. The van der Waals surface area contributed by atoms with Crippen molar-refractivity contribution >= 4 is 0 Å². The average Bonchev–Trinajstić information content (AvgIpc) is 2.25. The second-order valence-electron chi connectivity index (χ2n) is 4.99. The van der Waals surface area contributed by atoms with Crippen LogP contribution >= 0.6 is 0 Å². The molecule has 0 spiro atoms. The molecule has 90 valence electrons. The van der Waals surface area contributed by atoms with Crippen molar-refractivity contribution in [2.75, 3.05) is 6.54 Å². The average molecular weight is 219 g/mol. The first-order valence-corrected chi connectivity index (χ1v) is 6.43. The third kappa shape index (κ3) is 4.36. The van der Waals surface area contributed by atoms with E-state index in [-0.39, 0.29) is 0 Å². The molecule has 0 aliphatic carbocycles. The summed E-state index contributed by atoms with van der Waals surface area (Å²) >= 11 is 0. The van der Waals surface area contributed by atoms with Crippen molar-refractivity contribution in [2.45, 2.75) is 46.6 Å². The summed E-state index contributed by atoms with van der Waals surface area (Å²) in [4.78, 5) is 0. The Morgan fingerprint density at radius 3 is 2.19 bits per heavy atom. The minimum atomic E-state index is 0.521. The van der Waals surface area contributed by atoms with Crippen LogP contribution in [0.3, 0.4) is 0 Å². The lowest BCUT2D eigenvalue weighted by molar-refractivity contribution is 0.448. The van der Waals surface area contributed by atoms with Crippen molar-refractivity contribution in [3.05, 3.63) is 35.4 Å². The van der Waals surface area contributed by atoms with E-state index in [0.717, 1.165) is 12.5 Å². The highest BCUT2D eigenvalue weighted by Crippen LogP contribution is 2.21. The summed E-state index contributed by atoms with van der Waals surface area (Å²) < 4.78 is 0. The maximum atomic E-state index is 3.57. The van der Waals surface area contributed by atoms with Crippen LogP contribution in [0.2, 0.25) is 0 Å². The fourth-order valence-corrected chi connectivity index (χ4v) is 1.93. The fraction of sp³-hybridized carbons (Fsp3) is 0.600. The highest BCUT2D eigenvalue weighted by atomic mass is 14.9. The number of benzene rings is 1. The molecule has 1 rings (SSSR count). The third-order valence-corrected chi connectivity index (χ3v) is 2.96. The molecular formula is C15H25N. The standard InChI is InChI=1S/C15H25N/c1-5-16-15(11-6-12(2)3)14-9-7-13(4)8-10-14/h7-10,12,15-16H,5-6,11H2,1-4H3. The van der Waals surface area contributed by atoms with Crippen LogP contribution in [-0.2, 0) is 0 Å². The molecule has 1 atom stereocenters. The zero-order valence-corrected chi connectivity index (χ0v) is 11.1. The predicted molar refractivity (Wildman–Crippen MR) is 71.7 cm³/mol. The molecule has 0 saturated heterocycles. The van der Waals surface area contributed by atoms with Gasteiger partial charge >= 0.3 is 0 Å². The molecule has 1 aromatic rings. The molecular weight excluding hydrogens is 194 g/mol. The Morgan fingerprint density at radius 2 is 1.69 bits per heavy atom. The van der Waals surface area contributed by atoms with Crippen molar-refractivity contribution in [1.29, 1.82) is 0 Å². The SMILES string of the molecule is CCNC(CCC(C)C)c1ccc(C)cc1. The van der Waals surface area contributed by atoms with E-state index in [1.54, 1.807) is 0 Å². The van der Waals surface area contributed by atoms with Crippen molar-refractivity contribution in [3.8, 4) is 0 Å². The molecule has 0 saturated carbocycles. The Hall–Kier alpha value is -0.820. The molecule has 0 aliphatic rings. The lowest BCUT2D eigenvalue weighted by Gasteiger charge is -2.19. The molecule has 0 fully saturated rings. The summed E-state index contributed by atoms with van der Waals surface area (Å²) in [5.74, 6) is 0.784. The van der Waals surface area contributed by atoms with E-state index < -0.39 is 0 Å². The fourth-order valence-electron chi connectivity index (χ4n) is 1.93. The van der Waals surface area contributed by atoms with E-state index in [9.17, 15) is 0 Å². The quantitative estimate of drug-likeness (QED) is 0.760. The van der Waals surface area contributed by atoms with Crippen molar-refractivity contribution in [1.82, 2.24) is 5.32 Å². The Morgan fingerprint density at radius 1 is 1.06 bits per heavy atom. The second kappa shape index (κ2) is 6.70. The van der Waals surface area contributed by atoms with Crippen LogP contribution in [0, 0.1) is 12.8 Å². The van der Waals surface area contributed by atoms with Gasteiger partial charge in [-0.2, -0.15) is 0 Å². The van der Waals surface area contributed by atoms with Crippen LogP contribution in [0.25, 0.3) is 0 Å². The molecule has 0 amide bonds. The maximum absolute atomic E-state index is 3.57. The summed E-state index contributed by atoms with van der Waals surface area (Å²) in [6, 6.07) is 9.43. The number of aryl methyl sites for hydroxylation is 1. The van der Waals surface area contributed by atoms with Crippen LogP contribution in [0.5, 0.6) is 0 Å². The van der Waals surface area contributed by atoms with Gasteiger partial charge < -0.3 is 5.32 Å². The summed E-state index contributed by atoms with van der Waals surface area (Å²) in [6.45, 7) is 9.93. The van der Waals surface area contributed by atoms with E-state index in [1.807, 2.05) is 0 Å². The molecule has 0 aromatic heterocycles. The van der Waals surface area contributed by atoms with Gasteiger partial charge in [-0.25, -0.2) is 0 Å². The number of rotatable bonds is 6.